The Kier molecular flexibility index (Phi) is 5.53. The average Bonchev–Trinajstić information content (AvgIpc) is 3.40. The number of aromatic nitrogens is 3. The highest BCUT2D eigenvalue weighted by atomic mass is 32.1. The number of anilines is 2. The highest BCUT2D eigenvalue weighted by Gasteiger charge is 2.27. The number of fused-ring (bicyclic) bond motifs is 1. The maximum Gasteiger partial charge on any atom is 0.227 e. The van der Waals surface area contributed by atoms with Gasteiger partial charge >= 0.3 is 0 Å². The zero-order valence-electron chi connectivity index (χ0n) is 18.1. The van der Waals surface area contributed by atoms with Crippen LogP contribution in [-0.2, 0) is 4.79 Å². The third-order valence-corrected chi connectivity index (χ3v) is 6.86. The Balaban J connectivity index is 1.22. The number of imidazole rings is 1. The van der Waals surface area contributed by atoms with E-state index in [1.807, 2.05) is 35.0 Å². The van der Waals surface area contributed by atoms with Gasteiger partial charge in [-0.2, -0.15) is 0 Å². The molecule has 1 amide bonds. The largest absolute Gasteiger partial charge is 0.495 e. The van der Waals surface area contributed by atoms with Gasteiger partial charge in [0, 0.05) is 24.6 Å². The van der Waals surface area contributed by atoms with E-state index in [2.05, 4.69) is 41.4 Å². The van der Waals surface area contributed by atoms with Crippen LogP contribution < -0.4 is 15.0 Å². The van der Waals surface area contributed by atoms with Crippen molar-refractivity contribution in [2.75, 3.05) is 30.4 Å². The van der Waals surface area contributed by atoms with E-state index in [4.69, 9.17) is 14.8 Å². The van der Waals surface area contributed by atoms with Gasteiger partial charge in [-0.1, -0.05) is 53.3 Å². The van der Waals surface area contributed by atoms with Gasteiger partial charge in [0.1, 0.15) is 5.75 Å². The Hall–Kier alpha value is -3.39. The number of hydrogen-bond acceptors (Lipinski definition) is 6. The summed E-state index contributed by atoms with van der Waals surface area (Å²) in [6.45, 7) is 3.67. The van der Waals surface area contributed by atoms with Crippen molar-refractivity contribution < 1.29 is 9.53 Å². The second-order valence-electron chi connectivity index (χ2n) is 8.05. The van der Waals surface area contributed by atoms with Crippen LogP contribution >= 0.6 is 11.3 Å². The molecular formula is C24H25N5O2S. The van der Waals surface area contributed by atoms with E-state index in [0.717, 1.165) is 47.3 Å². The summed E-state index contributed by atoms with van der Waals surface area (Å²) in [7, 11) is 1.61. The minimum Gasteiger partial charge on any atom is -0.495 e. The molecule has 1 N–H and O–H groups in total. The van der Waals surface area contributed by atoms with Crippen LogP contribution in [0.5, 0.6) is 5.75 Å². The first-order chi connectivity index (χ1) is 15.6. The summed E-state index contributed by atoms with van der Waals surface area (Å²) >= 11 is 1.59. The summed E-state index contributed by atoms with van der Waals surface area (Å²) < 4.78 is 7.19. The molecule has 0 saturated carbocycles. The summed E-state index contributed by atoms with van der Waals surface area (Å²) in [5.74, 6) is 0.702. The molecule has 0 aliphatic carbocycles. The lowest BCUT2D eigenvalue weighted by Crippen LogP contribution is -2.38. The molecule has 7 nitrogen and oxygen atoms in total. The molecule has 1 fully saturated rings. The Labute approximate surface area is 190 Å². The van der Waals surface area contributed by atoms with Gasteiger partial charge in [-0.15, -0.1) is 5.10 Å². The number of ether oxygens (including phenoxy) is 1. The molecule has 0 atom stereocenters. The van der Waals surface area contributed by atoms with Crippen molar-refractivity contribution in [3.63, 3.8) is 0 Å². The monoisotopic (exact) mass is 447 g/mol. The zero-order valence-corrected chi connectivity index (χ0v) is 18.9. The van der Waals surface area contributed by atoms with Gasteiger partial charge in [0.25, 0.3) is 0 Å². The standard InChI is InChI=1S/C24H25N5O2S/c1-16-7-9-17(10-8-16)20-15-29-23(26-20)32-24(27-29)28-13-11-18(12-14-28)22(30)25-19-5-3-4-6-21(19)31-2/h3-10,15,18H,11-14H2,1-2H3,(H,25,30). The smallest absolute Gasteiger partial charge is 0.227 e. The van der Waals surface area contributed by atoms with Gasteiger partial charge < -0.3 is 15.0 Å². The maximum atomic E-state index is 12.8. The third kappa shape index (κ3) is 4.05. The van der Waals surface area contributed by atoms with Crippen LogP contribution in [0.1, 0.15) is 18.4 Å². The molecule has 1 aliphatic rings. The number of hydrogen-bond donors (Lipinski definition) is 1. The molecule has 0 spiro atoms. The molecule has 164 valence electrons. The van der Waals surface area contributed by atoms with Gasteiger partial charge in [0.05, 0.1) is 24.7 Å². The van der Waals surface area contributed by atoms with Crippen LogP contribution in [0.25, 0.3) is 16.2 Å². The Morgan fingerprint density at radius 1 is 1.12 bits per heavy atom. The fraction of sp³-hybridized carbons (Fsp3) is 0.292. The summed E-state index contributed by atoms with van der Waals surface area (Å²) in [6.07, 6.45) is 3.56. The molecule has 0 radical (unpaired) electrons. The first-order valence-corrected chi connectivity index (χ1v) is 11.5. The molecule has 5 rings (SSSR count). The lowest BCUT2D eigenvalue weighted by atomic mass is 9.96. The number of amides is 1. The molecule has 2 aromatic carbocycles. The van der Waals surface area contributed by atoms with E-state index in [1.165, 1.54) is 5.56 Å². The van der Waals surface area contributed by atoms with Gasteiger partial charge in [-0.3, -0.25) is 4.79 Å². The van der Waals surface area contributed by atoms with E-state index in [9.17, 15) is 4.79 Å². The number of rotatable bonds is 5. The molecule has 3 heterocycles. The predicted molar refractivity (Wildman–Crippen MR) is 128 cm³/mol. The van der Waals surface area contributed by atoms with Crippen LogP contribution in [0.2, 0.25) is 0 Å². The number of nitrogens with zero attached hydrogens (tertiary/aromatic N) is 4. The molecular weight excluding hydrogens is 422 g/mol. The molecule has 0 bridgehead atoms. The minimum atomic E-state index is -0.0200. The number of para-hydroxylation sites is 2. The highest BCUT2D eigenvalue weighted by molar-refractivity contribution is 7.20. The zero-order chi connectivity index (χ0) is 22.1. The topological polar surface area (TPSA) is 71.8 Å². The molecule has 1 saturated heterocycles. The van der Waals surface area contributed by atoms with Gasteiger partial charge in [0.15, 0.2) is 0 Å². The van der Waals surface area contributed by atoms with E-state index in [0.29, 0.717) is 11.4 Å². The lowest BCUT2D eigenvalue weighted by Gasteiger charge is -2.30. The molecule has 2 aromatic heterocycles. The van der Waals surface area contributed by atoms with Crippen molar-refractivity contribution in [1.82, 2.24) is 14.6 Å². The summed E-state index contributed by atoms with van der Waals surface area (Å²) in [5.41, 5.74) is 3.97. The Morgan fingerprint density at radius 2 is 1.88 bits per heavy atom. The number of carbonyl (C=O) groups excluding carboxylic acids is 1. The number of nitrogens with one attached hydrogen (secondary N) is 1. The molecule has 32 heavy (non-hydrogen) atoms. The number of benzene rings is 2. The van der Waals surface area contributed by atoms with Crippen LogP contribution in [0.4, 0.5) is 10.8 Å². The Bertz CT molecular complexity index is 1210. The van der Waals surface area contributed by atoms with Gasteiger partial charge in [0.2, 0.25) is 16.0 Å². The third-order valence-electron chi connectivity index (χ3n) is 5.88. The summed E-state index contributed by atoms with van der Waals surface area (Å²) in [6, 6.07) is 15.9. The van der Waals surface area contributed by atoms with Crippen molar-refractivity contribution in [2.45, 2.75) is 19.8 Å². The van der Waals surface area contributed by atoms with E-state index in [-0.39, 0.29) is 11.8 Å². The van der Waals surface area contributed by atoms with Crippen molar-refractivity contribution in [2.24, 2.45) is 5.92 Å². The predicted octanol–water partition coefficient (Wildman–Crippen LogP) is 4.63. The SMILES string of the molecule is COc1ccccc1NC(=O)C1CCN(c2nn3cc(-c4ccc(C)cc4)nc3s2)CC1. The fourth-order valence-corrected chi connectivity index (χ4v) is 4.93. The summed E-state index contributed by atoms with van der Waals surface area (Å²) in [5, 5.41) is 8.71. The normalized spacial score (nSPS) is 14.6. The van der Waals surface area contributed by atoms with E-state index < -0.39 is 0 Å². The van der Waals surface area contributed by atoms with Crippen molar-refractivity contribution in [3.8, 4) is 17.0 Å². The molecule has 8 heteroatoms. The van der Waals surface area contributed by atoms with Crippen LogP contribution in [0.15, 0.2) is 54.7 Å². The van der Waals surface area contributed by atoms with Crippen molar-refractivity contribution in [1.29, 1.82) is 0 Å². The van der Waals surface area contributed by atoms with Crippen molar-refractivity contribution >= 4 is 33.0 Å². The second-order valence-corrected chi connectivity index (χ2v) is 8.99. The quantitative estimate of drug-likeness (QED) is 0.483. The van der Waals surface area contributed by atoms with Crippen LogP contribution in [0, 0.1) is 12.8 Å². The highest BCUT2D eigenvalue weighted by Crippen LogP contribution is 2.31. The molecule has 1 aliphatic heterocycles. The maximum absolute atomic E-state index is 12.8. The van der Waals surface area contributed by atoms with E-state index in [1.54, 1.807) is 18.4 Å². The Morgan fingerprint density at radius 3 is 2.59 bits per heavy atom. The summed E-state index contributed by atoms with van der Waals surface area (Å²) in [4.78, 5) is 20.6. The molecule has 0 unspecified atom stereocenters. The number of carbonyl (C=O) groups is 1. The average molecular weight is 448 g/mol. The lowest BCUT2D eigenvalue weighted by molar-refractivity contribution is -0.120. The first-order valence-electron chi connectivity index (χ1n) is 10.7. The number of aryl methyl sites for hydroxylation is 1. The minimum absolute atomic E-state index is 0.0200. The first kappa shape index (κ1) is 20.5. The van der Waals surface area contributed by atoms with Gasteiger partial charge in [-0.05, 0) is 31.9 Å². The number of methoxy groups -OCH3 is 1. The van der Waals surface area contributed by atoms with E-state index >= 15 is 0 Å². The number of piperidine rings is 1. The van der Waals surface area contributed by atoms with Gasteiger partial charge in [-0.25, -0.2) is 9.50 Å². The fourth-order valence-electron chi connectivity index (χ4n) is 4.00. The van der Waals surface area contributed by atoms with Crippen molar-refractivity contribution in [3.05, 3.63) is 60.3 Å². The van der Waals surface area contributed by atoms with Crippen LogP contribution in [0.3, 0.4) is 0 Å². The molecule has 4 aromatic rings. The second kappa shape index (κ2) is 8.63. The van der Waals surface area contributed by atoms with Crippen LogP contribution in [-0.4, -0.2) is 40.7 Å².